The summed E-state index contributed by atoms with van der Waals surface area (Å²) in [7, 11) is 0. The number of pyridine rings is 4. The molecule has 0 unspecified atom stereocenters. The summed E-state index contributed by atoms with van der Waals surface area (Å²) in [5.41, 5.74) is 15.5. The Morgan fingerprint density at radius 3 is 1.45 bits per heavy atom. The molecule has 0 aliphatic heterocycles. The summed E-state index contributed by atoms with van der Waals surface area (Å²) in [4.78, 5) is 19.4. The molecule has 0 fully saturated rings. The highest BCUT2D eigenvalue weighted by atomic mass is 14.8. The van der Waals surface area contributed by atoms with E-state index >= 15 is 0 Å². The lowest BCUT2D eigenvalue weighted by atomic mass is 9.91. The Morgan fingerprint density at radius 1 is 0.286 bits per heavy atom. The van der Waals surface area contributed by atoms with Crippen LogP contribution in [0.1, 0.15) is 0 Å². The predicted octanol–water partition coefficient (Wildman–Crippen LogP) is 13.2. The van der Waals surface area contributed by atoms with E-state index in [9.17, 15) is 0 Å². The molecule has 0 amide bonds. The van der Waals surface area contributed by atoms with Gasteiger partial charge in [-0.15, -0.1) is 0 Å². The zero-order valence-electron chi connectivity index (χ0n) is 30.4. The first kappa shape index (κ1) is 33.0. The molecule has 4 aromatic heterocycles. The lowest BCUT2D eigenvalue weighted by molar-refractivity contribution is 1.22. The molecule has 56 heavy (non-hydrogen) atoms. The molecule has 4 nitrogen and oxygen atoms in total. The minimum atomic E-state index is 0.809. The van der Waals surface area contributed by atoms with Crippen molar-refractivity contribution in [3.8, 4) is 78.5 Å². The molecule has 0 N–H and O–H groups in total. The van der Waals surface area contributed by atoms with E-state index < -0.39 is 0 Å². The van der Waals surface area contributed by atoms with E-state index in [1.807, 2.05) is 36.4 Å². The molecule has 0 aliphatic rings. The van der Waals surface area contributed by atoms with Crippen LogP contribution in [-0.4, -0.2) is 19.9 Å². The number of nitrogens with zero attached hydrogens (tertiary/aromatic N) is 4. The van der Waals surface area contributed by atoms with Crippen LogP contribution in [0, 0.1) is 0 Å². The summed E-state index contributed by atoms with van der Waals surface area (Å²) >= 11 is 0. The summed E-state index contributed by atoms with van der Waals surface area (Å²) < 4.78 is 0. The van der Waals surface area contributed by atoms with E-state index in [2.05, 4.69) is 168 Å². The Morgan fingerprint density at radius 2 is 0.821 bits per heavy atom. The zero-order chi connectivity index (χ0) is 37.3. The molecule has 0 atom stereocenters. The SMILES string of the molecule is c1ccc(-c2nc3ccc(-c4ccc(-c5cccc(-c6cc(-c7ccccn7)nc(-c7ccccn7)c6)c5)cc4)cc3c3c(-c4ccccc4)cccc23)cc1. The molecule has 0 bridgehead atoms. The second-order valence-electron chi connectivity index (χ2n) is 13.9. The molecule has 10 aromatic rings. The Hall–Kier alpha value is -7.56. The summed E-state index contributed by atoms with van der Waals surface area (Å²) in [5.74, 6) is 0. The molecule has 0 saturated heterocycles. The fourth-order valence-corrected chi connectivity index (χ4v) is 7.63. The van der Waals surface area contributed by atoms with E-state index in [1.54, 1.807) is 12.4 Å². The van der Waals surface area contributed by atoms with Crippen molar-refractivity contribution in [1.82, 2.24) is 19.9 Å². The fourth-order valence-electron chi connectivity index (χ4n) is 7.63. The summed E-state index contributed by atoms with van der Waals surface area (Å²) in [6, 6.07) is 68.0. The lowest BCUT2D eigenvalue weighted by Gasteiger charge is -2.15. The van der Waals surface area contributed by atoms with Crippen molar-refractivity contribution in [3.05, 3.63) is 207 Å². The monoisotopic (exact) mass is 714 g/mol. The lowest BCUT2D eigenvalue weighted by Crippen LogP contribution is -1.94. The number of hydrogen-bond acceptors (Lipinski definition) is 4. The first-order valence-corrected chi connectivity index (χ1v) is 18.8. The summed E-state index contributed by atoms with van der Waals surface area (Å²) in [6.07, 6.45) is 3.60. The van der Waals surface area contributed by atoms with Crippen molar-refractivity contribution >= 4 is 21.7 Å². The quantitative estimate of drug-likeness (QED) is 0.154. The van der Waals surface area contributed by atoms with E-state index in [1.165, 1.54) is 16.5 Å². The van der Waals surface area contributed by atoms with Gasteiger partial charge in [-0.1, -0.05) is 140 Å². The number of fused-ring (bicyclic) bond motifs is 3. The van der Waals surface area contributed by atoms with Gasteiger partial charge >= 0.3 is 0 Å². The minimum absolute atomic E-state index is 0.809. The zero-order valence-corrected chi connectivity index (χ0v) is 30.4. The first-order chi connectivity index (χ1) is 27.7. The van der Waals surface area contributed by atoms with Gasteiger partial charge in [0.15, 0.2) is 0 Å². The molecule has 262 valence electrons. The van der Waals surface area contributed by atoms with Gasteiger partial charge in [0.25, 0.3) is 0 Å². The summed E-state index contributed by atoms with van der Waals surface area (Å²) in [5, 5.41) is 3.50. The normalized spacial score (nSPS) is 11.2. The van der Waals surface area contributed by atoms with Crippen LogP contribution in [0.25, 0.3) is 100 Å². The van der Waals surface area contributed by atoms with Crippen LogP contribution in [-0.2, 0) is 0 Å². The third kappa shape index (κ3) is 6.29. The standard InChI is InChI=1S/C52H34N4/c1-3-13-37(14-4-1)43-19-12-20-44-51(43)45-32-41(27-28-46(45)56-52(44)38-15-5-2-6-16-38)36-25-23-35(24-26-36)39-17-11-18-40(31-39)42-33-49(47-21-7-9-29-53-47)55-50(34-42)48-22-8-10-30-54-48/h1-34H. The van der Waals surface area contributed by atoms with Gasteiger partial charge in [0.05, 0.1) is 34.0 Å². The van der Waals surface area contributed by atoms with Crippen LogP contribution in [0.5, 0.6) is 0 Å². The van der Waals surface area contributed by atoms with Crippen molar-refractivity contribution in [3.63, 3.8) is 0 Å². The predicted molar refractivity (Wildman–Crippen MR) is 231 cm³/mol. The maximum atomic E-state index is 5.26. The molecule has 0 aliphatic carbocycles. The number of hydrogen-bond donors (Lipinski definition) is 0. The summed E-state index contributed by atoms with van der Waals surface area (Å²) in [6.45, 7) is 0. The minimum Gasteiger partial charge on any atom is -0.255 e. The van der Waals surface area contributed by atoms with E-state index in [-0.39, 0.29) is 0 Å². The second kappa shape index (κ2) is 14.3. The smallest absolute Gasteiger partial charge is 0.0900 e. The largest absolute Gasteiger partial charge is 0.255 e. The van der Waals surface area contributed by atoms with Crippen LogP contribution < -0.4 is 0 Å². The van der Waals surface area contributed by atoms with E-state index in [0.29, 0.717) is 0 Å². The Labute approximate surface area is 325 Å². The van der Waals surface area contributed by atoms with Gasteiger partial charge in [-0.25, -0.2) is 9.97 Å². The molecule has 6 aromatic carbocycles. The number of benzene rings is 6. The van der Waals surface area contributed by atoms with Crippen molar-refractivity contribution in [2.45, 2.75) is 0 Å². The molecule has 0 radical (unpaired) electrons. The highest BCUT2D eigenvalue weighted by Gasteiger charge is 2.16. The van der Waals surface area contributed by atoms with Crippen LogP contribution in [0.3, 0.4) is 0 Å². The van der Waals surface area contributed by atoms with Gasteiger partial charge in [0.1, 0.15) is 0 Å². The van der Waals surface area contributed by atoms with Gasteiger partial charge in [-0.2, -0.15) is 0 Å². The Kier molecular flexibility index (Phi) is 8.47. The van der Waals surface area contributed by atoms with E-state index in [0.717, 1.165) is 83.7 Å². The Balaban J connectivity index is 1.04. The van der Waals surface area contributed by atoms with Gasteiger partial charge in [0, 0.05) is 34.1 Å². The van der Waals surface area contributed by atoms with Gasteiger partial charge in [-0.3, -0.25) is 9.97 Å². The molecular formula is C52H34N4. The molecule has 0 saturated carbocycles. The molecular weight excluding hydrogens is 681 g/mol. The van der Waals surface area contributed by atoms with Crippen LogP contribution in [0.2, 0.25) is 0 Å². The van der Waals surface area contributed by atoms with Crippen molar-refractivity contribution in [2.75, 3.05) is 0 Å². The van der Waals surface area contributed by atoms with Gasteiger partial charge in [0.2, 0.25) is 0 Å². The van der Waals surface area contributed by atoms with Crippen LogP contribution in [0.4, 0.5) is 0 Å². The molecule has 4 heteroatoms. The number of aromatic nitrogens is 4. The average Bonchev–Trinajstić information content (AvgIpc) is 3.29. The van der Waals surface area contributed by atoms with Crippen molar-refractivity contribution in [2.24, 2.45) is 0 Å². The average molecular weight is 715 g/mol. The Bertz CT molecular complexity index is 2930. The van der Waals surface area contributed by atoms with Crippen LogP contribution in [0.15, 0.2) is 207 Å². The van der Waals surface area contributed by atoms with Gasteiger partial charge in [-0.05, 0) is 99.1 Å². The molecule has 0 spiro atoms. The third-order valence-electron chi connectivity index (χ3n) is 10.4. The highest BCUT2D eigenvalue weighted by molar-refractivity contribution is 6.17. The van der Waals surface area contributed by atoms with Crippen LogP contribution >= 0.6 is 0 Å². The maximum absolute atomic E-state index is 5.26. The van der Waals surface area contributed by atoms with E-state index in [4.69, 9.17) is 9.97 Å². The molecule has 10 rings (SSSR count). The third-order valence-corrected chi connectivity index (χ3v) is 10.4. The fraction of sp³-hybridized carbons (Fsp3) is 0. The molecule has 4 heterocycles. The maximum Gasteiger partial charge on any atom is 0.0900 e. The van der Waals surface area contributed by atoms with Crippen molar-refractivity contribution in [1.29, 1.82) is 0 Å². The second-order valence-corrected chi connectivity index (χ2v) is 13.9. The van der Waals surface area contributed by atoms with Crippen molar-refractivity contribution < 1.29 is 0 Å². The van der Waals surface area contributed by atoms with Gasteiger partial charge < -0.3 is 0 Å². The number of rotatable bonds is 7. The first-order valence-electron chi connectivity index (χ1n) is 18.8. The highest BCUT2D eigenvalue weighted by Crippen LogP contribution is 2.40. The topological polar surface area (TPSA) is 51.6 Å².